The summed E-state index contributed by atoms with van der Waals surface area (Å²) in [6.07, 6.45) is 3.13. The van der Waals surface area contributed by atoms with Crippen LogP contribution >= 0.6 is 27.5 Å². The number of nitrogens with zero attached hydrogens (tertiary/aromatic N) is 2. The van der Waals surface area contributed by atoms with Gasteiger partial charge in [-0.15, -0.1) is 0 Å². The van der Waals surface area contributed by atoms with Gasteiger partial charge in [-0.2, -0.15) is 0 Å². The molecule has 1 aromatic carbocycles. The average Bonchev–Trinajstić information content (AvgIpc) is 2.30. The third-order valence-corrected chi connectivity index (χ3v) is 2.98. The van der Waals surface area contributed by atoms with Gasteiger partial charge in [-0.1, -0.05) is 45.7 Å². The van der Waals surface area contributed by atoms with Crippen molar-refractivity contribution in [3.63, 3.8) is 0 Å². The molecule has 1 heterocycles. The minimum atomic E-state index is 0.534. The first-order valence-electron chi connectivity index (χ1n) is 4.70. The summed E-state index contributed by atoms with van der Waals surface area (Å²) in [6.45, 7) is 0.670. The lowest BCUT2D eigenvalue weighted by molar-refractivity contribution is 1.05. The number of halogens is 2. The van der Waals surface area contributed by atoms with Gasteiger partial charge in [0.2, 0.25) is 5.95 Å². The molecule has 2 aromatic rings. The van der Waals surface area contributed by atoms with Crippen molar-refractivity contribution in [3.8, 4) is 0 Å². The van der Waals surface area contributed by atoms with Crippen LogP contribution in [0.15, 0.2) is 41.1 Å². The maximum Gasteiger partial charge on any atom is 0.222 e. The molecule has 3 nitrogen and oxygen atoms in total. The topological polar surface area (TPSA) is 37.8 Å². The fourth-order valence-electron chi connectivity index (χ4n) is 1.22. The van der Waals surface area contributed by atoms with E-state index < -0.39 is 0 Å². The summed E-state index contributed by atoms with van der Waals surface area (Å²) in [5.41, 5.74) is 1.15. The number of hydrogen-bond donors (Lipinski definition) is 1. The van der Waals surface area contributed by atoms with Crippen LogP contribution in [0.1, 0.15) is 5.56 Å². The Morgan fingerprint density at radius 2 is 1.88 bits per heavy atom. The van der Waals surface area contributed by atoms with Gasteiger partial charge in [0.05, 0.1) is 17.4 Å². The molecule has 0 saturated heterocycles. The Balaban J connectivity index is 2.02. The Hall–Kier alpha value is -1.13. The van der Waals surface area contributed by atoms with Crippen molar-refractivity contribution in [1.29, 1.82) is 0 Å². The summed E-state index contributed by atoms with van der Waals surface area (Å²) in [5, 5.41) is 3.65. The smallest absolute Gasteiger partial charge is 0.222 e. The van der Waals surface area contributed by atoms with Crippen LogP contribution in [0.5, 0.6) is 0 Å². The van der Waals surface area contributed by atoms with Crippen molar-refractivity contribution < 1.29 is 0 Å². The average molecular weight is 299 g/mol. The van der Waals surface area contributed by atoms with E-state index in [1.54, 1.807) is 12.4 Å². The third-order valence-electron chi connectivity index (χ3n) is 2.02. The molecular formula is C11H9BrClN3. The van der Waals surface area contributed by atoms with E-state index in [1.165, 1.54) is 0 Å². The number of rotatable bonds is 3. The highest BCUT2D eigenvalue weighted by Crippen LogP contribution is 2.16. The summed E-state index contributed by atoms with van der Waals surface area (Å²) in [6, 6.07) is 8.00. The molecular weight excluding hydrogens is 289 g/mol. The zero-order chi connectivity index (χ0) is 11.4. The molecule has 0 unspecified atom stereocenters. The maximum atomic E-state index is 5.69. The first-order chi connectivity index (χ1) is 7.75. The zero-order valence-corrected chi connectivity index (χ0v) is 10.7. The lowest BCUT2D eigenvalue weighted by Crippen LogP contribution is -2.03. The molecule has 82 valence electrons. The molecule has 0 aliphatic heterocycles. The van der Waals surface area contributed by atoms with Gasteiger partial charge in [-0.05, 0) is 11.6 Å². The molecule has 16 heavy (non-hydrogen) atoms. The normalized spacial score (nSPS) is 10.1. The van der Waals surface area contributed by atoms with Crippen molar-refractivity contribution in [2.45, 2.75) is 6.54 Å². The highest BCUT2D eigenvalue weighted by molar-refractivity contribution is 9.10. The SMILES string of the molecule is Clc1cnc(NCc2ccccc2Br)nc1. The van der Waals surface area contributed by atoms with Gasteiger partial charge in [0.1, 0.15) is 0 Å². The van der Waals surface area contributed by atoms with E-state index in [0.717, 1.165) is 10.0 Å². The number of anilines is 1. The van der Waals surface area contributed by atoms with Crippen LogP contribution in [-0.2, 0) is 6.54 Å². The van der Waals surface area contributed by atoms with E-state index in [9.17, 15) is 0 Å². The molecule has 0 spiro atoms. The third kappa shape index (κ3) is 2.93. The predicted octanol–water partition coefficient (Wildman–Crippen LogP) is 3.50. The summed E-state index contributed by atoms with van der Waals surface area (Å²) in [7, 11) is 0. The number of hydrogen-bond acceptors (Lipinski definition) is 3. The highest BCUT2D eigenvalue weighted by Gasteiger charge is 1.99. The molecule has 1 N–H and O–H groups in total. The number of nitrogens with one attached hydrogen (secondary N) is 1. The molecule has 0 saturated carbocycles. The fourth-order valence-corrected chi connectivity index (χ4v) is 1.74. The van der Waals surface area contributed by atoms with Crippen LogP contribution < -0.4 is 5.32 Å². The predicted molar refractivity (Wildman–Crippen MR) is 68.5 cm³/mol. The van der Waals surface area contributed by atoms with Crippen molar-refractivity contribution in [1.82, 2.24) is 9.97 Å². The molecule has 0 bridgehead atoms. The van der Waals surface area contributed by atoms with Gasteiger partial charge in [0, 0.05) is 11.0 Å². The minimum Gasteiger partial charge on any atom is -0.350 e. The summed E-state index contributed by atoms with van der Waals surface area (Å²) in [5.74, 6) is 0.570. The van der Waals surface area contributed by atoms with E-state index in [-0.39, 0.29) is 0 Å². The van der Waals surface area contributed by atoms with Crippen LogP contribution in [0.25, 0.3) is 0 Å². The van der Waals surface area contributed by atoms with Crippen molar-refractivity contribution in [2.24, 2.45) is 0 Å². The van der Waals surface area contributed by atoms with Gasteiger partial charge in [0.25, 0.3) is 0 Å². The van der Waals surface area contributed by atoms with E-state index in [2.05, 4.69) is 31.2 Å². The van der Waals surface area contributed by atoms with Crippen LogP contribution in [0.4, 0.5) is 5.95 Å². The Bertz CT molecular complexity index is 473. The quantitative estimate of drug-likeness (QED) is 0.942. The second-order valence-corrected chi connectivity index (χ2v) is 4.46. The molecule has 0 aliphatic carbocycles. The summed E-state index contributed by atoms with van der Waals surface area (Å²) < 4.78 is 1.07. The standard InChI is InChI=1S/C11H9BrClN3/c12-10-4-2-1-3-8(10)5-14-11-15-6-9(13)7-16-11/h1-4,6-7H,5H2,(H,14,15,16). The Kier molecular flexibility index (Phi) is 3.74. The lowest BCUT2D eigenvalue weighted by Gasteiger charge is -2.06. The second kappa shape index (κ2) is 5.27. The molecule has 0 fully saturated rings. The molecule has 0 atom stereocenters. The lowest BCUT2D eigenvalue weighted by atomic mass is 10.2. The van der Waals surface area contributed by atoms with Crippen LogP contribution in [0, 0.1) is 0 Å². The van der Waals surface area contributed by atoms with Crippen molar-refractivity contribution in [3.05, 3.63) is 51.7 Å². The zero-order valence-electron chi connectivity index (χ0n) is 8.32. The van der Waals surface area contributed by atoms with Crippen LogP contribution in [0.3, 0.4) is 0 Å². The maximum absolute atomic E-state index is 5.69. The molecule has 5 heteroatoms. The Labute approximate surface area is 107 Å². The first kappa shape index (κ1) is 11.4. The monoisotopic (exact) mass is 297 g/mol. The first-order valence-corrected chi connectivity index (χ1v) is 5.87. The highest BCUT2D eigenvalue weighted by atomic mass is 79.9. The fraction of sp³-hybridized carbons (Fsp3) is 0.0909. The van der Waals surface area contributed by atoms with Crippen molar-refractivity contribution >= 4 is 33.5 Å². The van der Waals surface area contributed by atoms with Gasteiger partial charge >= 0.3 is 0 Å². The molecule has 0 radical (unpaired) electrons. The number of aromatic nitrogens is 2. The Morgan fingerprint density at radius 3 is 2.56 bits per heavy atom. The summed E-state index contributed by atoms with van der Waals surface area (Å²) in [4.78, 5) is 8.11. The van der Waals surface area contributed by atoms with E-state index in [4.69, 9.17) is 11.6 Å². The van der Waals surface area contributed by atoms with Crippen LogP contribution in [-0.4, -0.2) is 9.97 Å². The minimum absolute atomic E-state index is 0.534. The van der Waals surface area contributed by atoms with Gasteiger partial charge < -0.3 is 5.32 Å². The van der Waals surface area contributed by atoms with Gasteiger partial charge in [0.15, 0.2) is 0 Å². The van der Waals surface area contributed by atoms with Crippen LogP contribution in [0.2, 0.25) is 5.02 Å². The molecule has 1 aromatic heterocycles. The molecule has 2 rings (SSSR count). The van der Waals surface area contributed by atoms with Gasteiger partial charge in [-0.25, -0.2) is 9.97 Å². The van der Waals surface area contributed by atoms with Gasteiger partial charge in [-0.3, -0.25) is 0 Å². The van der Waals surface area contributed by atoms with Crippen molar-refractivity contribution in [2.75, 3.05) is 5.32 Å². The summed E-state index contributed by atoms with van der Waals surface area (Å²) >= 11 is 9.17. The van der Waals surface area contributed by atoms with E-state index in [0.29, 0.717) is 17.5 Å². The Morgan fingerprint density at radius 1 is 1.19 bits per heavy atom. The molecule has 0 amide bonds. The molecule has 0 aliphatic rings. The second-order valence-electron chi connectivity index (χ2n) is 3.17. The number of benzene rings is 1. The largest absolute Gasteiger partial charge is 0.350 e. The van der Waals surface area contributed by atoms with E-state index >= 15 is 0 Å². The van der Waals surface area contributed by atoms with E-state index in [1.807, 2.05) is 24.3 Å².